The molecule has 0 aliphatic rings. The van der Waals surface area contributed by atoms with Gasteiger partial charge in [-0.05, 0) is 62.9 Å². The second-order valence-electron chi connectivity index (χ2n) is 9.28. The van der Waals surface area contributed by atoms with Crippen molar-refractivity contribution in [2.24, 2.45) is 0 Å². The third kappa shape index (κ3) is 30.1. The van der Waals surface area contributed by atoms with Crippen LogP contribution in [0.3, 0.4) is 0 Å². The molecule has 0 rings (SSSR count). The molecule has 1 heteroatoms. The van der Waals surface area contributed by atoms with Gasteiger partial charge in [0, 0.05) is 6.42 Å². The maximum Gasteiger partial charge on any atom is 0.105 e. The van der Waals surface area contributed by atoms with E-state index in [4.69, 9.17) is 11.5 Å². The summed E-state index contributed by atoms with van der Waals surface area (Å²) in [5, 5.41) is 8.52. The van der Waals surface area contributed by atoms with E-state index in [2.05, 4.69) is 47.8 Å². The molecule has 0 unspecified atom stereocenters. The predicted octanol–water partition coefficient (Wildman–Crippen LogP) is 9.31. The van der Waals surface area contributed by atoms with E-state index in [0.717, 1.165) is 12.8 Å². The number of terminal acetylenes is 1. The predicted molar refractivity (Wildman–Crippen MR) is 151 cm³/mol. The molecule has 0 amide bonds. The maximum absolute atomic E-state index is 8.52. The zero-order valence-corrected chi connectivity index (χ0v) is 22.1. The molecule has 0 fully saturated rings. The fourth-order valence-corrected chi connectivity index (χ4v) is 4.05. The van der Waals surface area contributed by atoms with Crippen LogP contribution in [-0.2, 0) is 0 Å². The molecule has 0 saturated carbocycles. The van der Waals surface area contributed by atoms with Crippen molar-refractivity contribution >= 4 is 0 Å². The van der Waals surface area contributed by atoms with Gasteiger partial charge in [-0.1, -0.05) is 126 Å². The largest absolute Gasteiger partial charge is 0.384 e. The van der Waals surface area contributed by atoms with E-state index in [1.165, 1.54) is 128 Å². The molecule has 0 spiro atoms. The van der Waals surface area contributed by atoms with Gasteiger partial charge in [-0.2, -0.15) is 0 Å². The number of rotatable bonds is 23. The summed E-state index contributed by atoms with van der Waals surface area (Å²) in [7, 11) is 0. The van der Waals surface area contributed by atoms with Crippen LogP contribution in [0, 0.1) is 36.0 Å². The van der Waals surface area contributed by atoms with Crippen molar-refractivity contribution < 1.29 is 5.11 Å². The van der Waals surface area contributed by atoms with Gasteiger partial charge in [-0.15, -0.1) is 6.42 Å². The van der Waals surface area contributed by atoms with Gasteiger partial charge >= 0.3 is 0 Å². The molecule has 0 radical (unpaired) electrons. The zero-order chi connectivity index (χ0) is 24.6. The third-order valence-electron chi connectivity index (χ3n) is 6.11. The summed E-state index contributed by atoms with van der Waals surface area (Å²) in [6.07, 6.45) is 43.0. The zero-order valence-electron chi connectivity index (χ0n) is 22.1. The highest BCUT2D eigenvalue weighted by atomic mass is 16.2. The summed E-state index contributed by atoms with van der Waals surface area (Å²) in [5.41, 5.74) is 0. The highest BCUT2D eigenvalue weighted by Gasteiger charge is 1.94. The second kappa shape index (κ2) is 31.1. The highest BCUT2D eigenvalue weighted by molar-refractivity contribution is 5.25. The molecular weight excluding hydrogens is 412 g/mol. The van der Waals surface area contributed by atoms with Crippen molar-refractivity contribution in [3.05, 3.63) is 24.3 Å². The number of aliphatic hydroxyl groups is 1. The van der Waals surface area contributed by atoms with Crippen LogP contribution in [0.1, 0.15) is 141 Å². The third-order valence-corrected chi connectivity index (χ3v) is 6.11. The number of allylic oxidation sites excluding steroid dienone is 4. The molecule has 1 N–H and O–H groups in total. The van der Waals surface area contributed by atoms with Crippen LogP contribution in [0.25, 0.3) is 0 Å². The topological polar surface area (TPSA) is 20.2 Å². The van der Waals surface area contributed by atoms with Crippen LogP contribution in [0.2, 0.25) is 0 Å². The fourth-order valence-electron chi connectivity index (χ4n) is 4.05. The lowest BCUT2D eigenvalue weighted by Gasteiger charge is -2.02. The average molecular weight is 465 g/mol. The molecule has 0 aliphatic carbocycles. The molecule has 0 atom stereocenters. The van der Waals surface area contributed by atoms with Crippen LogP contribution >= 0.6 is 0 Å². The molecule has 0 aromatic heterocycles. The lowest BCUT2D eigenvalue weighted by Crippen LogP contribution is -1.82. The molecule has 0 bridgehead atoms. The highest BCUT2D eigenvalue weighted by Crippen LogP contribution is 2.13. The van der Waals surface area contributed by atoms with Gasteiger partial charge in [-0.3, -0.25) is 0 Å². The van der Waals surface area contributed by atoms with Crippen LogP contribution in [0.5, 0.6) is 0 Å². The Kier molecular flexibility index (Phi) is 29.4. The van der Waals surface area contributed by atoms with Crippen molar-refractivity contribution in [2.45, 2.75) is 141 Å². The Morgan fingerprint density at radius 3 is 1.29 bits per heavy atom. The van der Waals surface area contributed by atoms with E-state index >= 15 is 0 Å². The first-order valence-corrected chi connectivity index (χ1v) is 14.2. The van der Waals surface area contributed by atoms with Gasteiger partial charge in [0.2, 0.25) is 0 Å². The molecule has 34 heavy (non-hydrogen) atoms. The Labute approximate surface area is 213 Å². The first-order chi connectivity index (χ1) is 16.9. The van der Waals surface area contributed by atoms with Crippen LogP contribution in [0.15, 0.2) is 24.3 Å². The number of hydrogen-bond donors (Lipinski definition) is 1. The lowest BCUT2D eigenvalue weighted by atomic mass is 10.0. The summed E-state index contributed by atoms with van der Waals surface area (Å²) in [6.45, 7) is -0.0959. The minimum absolute atomic E-state index is 0.0959. The van der Waals surface area contributed by atoms with Crippen LogP contribution < -0.4 is 0 Å². The molecule has 0 aliphatic heterocycles. The minimum Gasteiger partial charge on any atom is -0.384 e. The van der Waals surface area contributed by atoms with Crippen molar-refractivity contribution in [1.82, 2.24) is 0 Å². The Bertz CT molecular complexity index is 625. The minimum atomic E-state index is -0.0959. The van der Waals surface area contributed by atoms with E-state index in [9.17, 15) is 0 Å². The van der Waals surface area contributed by atoms with Crippen molar-refractivity contribution in [3.8, 4) is 36.0 Å². The molecule has 0 aromatic carbocycles. The Hall–Kier alpha value is -1.88. The Morgan fingerprint density at radius 2 is 0.853 bits per heavy atom. The SMILES string of the molecule is C#CC=CCCCCCCCCCCC=CCCCCCCCCCCCCC#CC#CCO. The van der Waals surface area contributed by atoms with Crippen molar-refractivity contribution in [2.75, 3.05) is 6.61 Å². The van der Waals surface area contributed by atoms with Gasteiger partial charge in [0.15, 0.2) is 0 Å². The fraction of sp³-hybridized carbons (Fsp3) is 0.697. The van der Waals surface area contributed by atoms with Gasteiger partial charge in [0.1, 0.15) is 6.61 Å². The van der Waals surface area contributed by atoms with Gasteiger partial charge in [0.05, 0.1) is 0 Å². The number of hydrogen-bond acceptors (Lipinski definition) is 1. The molecule has 0 heterocycles. The van der Waals surface area contributed by atoms with E-state index < -0.39 is 0 Å². The normalized spacial score (nSPS) is 10.7. The second-order valence-corrected chi connectivity index (χ2v) is 9.28. The first-order valence-electron chi connectivity index (χ1n) is 14.2. The summed E-state index contributed by atoms with van der Waals surface area (Å²) < 4.78 is 0. The number of aliphatic hydroxyl groups excluding tert-OH is 1. The Balaban J connectivity index is 3.16. The van der Waals surface area contributed by atoms with E-state index in [0.29, 0.717) is 0 Å². The van der Waals surface area contributed by atoms with Crippen molar-refractivity contribution in [3.63, 3.8) is 0 Å². The summed E-state index contributed by atoms with van der Waals surface area (Å²) in [6, 6.07) is 0. The Morgan fingerprint density at radius 1 is 0.471 bits per heavy atom. The standard InChI is InChI=1S/C33H52O/c1-2-3-4-5-6-7-8-9-10-11-12-13-14-15-16-17-18-19-20-21-22-23-24-25-26-27-28-29-30-31-32-33-34/h1,3-4,15-16,34H,5-14,17-28,33H2. The quantitative estimate of drug-likeness (QED) is 0.0907. The summed E-state index contributed by atoms with van der Waals surface area (Å²) in [5.74, 6) is 13.5. The molecular formula is C33H52O. The summed E-state index contributed by atoms with van der Waals surface area (Å²) >= 11 is 0. The van der Waals surface area contributed by atoms with Crippen LogP contribution in [0.4, 0.5) is 0 Å². The smallest absolute Gasteiger partial charge is 0.105 e. The molecule has 0 saturated heterocycles. The monoisotopic (exact) mass is 464 g/mol. The van der Waals surface area contributed by atoms with Gasteiger partial charge in [-0.25, -0.2) is 0 Å². The van der Waals surface area contributed by atoms with Gasteiger partial charge < -0.3 is 5.11 Å². The molecule has 1 nitrogen and oxygen atoms in total. The van der Waals surface area contributed by atoms with E-state index in [-0.39, 0.29) is 6.61 Å². The maximum atomic E-state index is 8.52. The lowest BCUT2D eigenvalue weighted by molar-refractivity contribution is 0.350. The van der Waals surface area contributed by atoms with Gasteiger partial charge in [0.25, 0.3) is 0 Å². The van der Waals surface area contributed by atoms with Crippen LogP contribution in [-0.4, -0.2) is 11.7 Å². The van der Waals surface area contributed by atoms with Crippen molar-refractivity contribution in [1.29, 1.82) is 0 Å². The average Bonchev–Trinajstić information content (AvgIpc) is 2.85. The van der Waals surface area contributed by atoms with E-state index in [1.807, 2.05) is 6.08 Å². The molecule has 0 aromatic rings. The first kappa shape index (κ1) is 32.1. The van der Waals surface area contributed by atoms with E-state index in [1.54, 1.807) is 0 Å². The summed E-state index contributed by atoms with van der Waals surface area (Å²) in [4.78, 5) is 0. The molecule has 190 valence electrons. The number of unbranched alkanes of at least 4 members (excludes halogenated alkanes) is 20.